The Hall–Kier alpha value is -2.69. The summed E-state index contributed by atoms with van der Waals surface area (Å²) in [4.78, 5) is 24.8. The first-order chi connectivity index (χ1) is 10.9. The SMILES string of the molecule is CC(=O)Nc1ccc(CC(=O)N(C)Cc2ccc(F)cc2)cc1. The Morgan fingerprint density at radius 3 is 2.13 bits per heavy atom. The molecule has 2 amide bonds. The van der Waals surface area contributed by atoms with Crippen molar-refractivity contribution in [3.05, 3.63) is 65.5 Å². The molecule has 0 aliphatic carbocycles. The Balaban J connectivity index is 1.92. The molecule has 0 radical (unpaired) electrons. The average molecular weight is 314 g/mol. The molecule has 0 bridgehead atoms. The third-order valence-electron chi connectivity index (χ3n) is 3.39. The van der Waals surface area contributed by atoms with E-state index in [1.807, 2.05) is 12.1 Å². The quantitative estimate of drug-likeness (QED) is 0.922. The van der Waals surface area contributed by atoms with Crippen LogP contribution in [0.1, 0.15) is 18.1 Å². The lowest BCUT2D eigenvalue weighted by atomic mass is 10.1. The molecule has 0 unspecified atom stereocenters. The molecular formula is C18H19FN2O2. The Morgan fingerprint density at radius 2 is 1.57 bits per heavy atom. The van der Waals surface area contributed by atoms with E-state index in [0.29, 0.717) is 12.2 Å². The van der Waals surface area contributed by atoms with Crippen LogP contribution in [0.4, 0.5) is 10.1 Å². The summed E-state index contributed by atoms with van der Waals surface area (Å²) in [5, 5.41) is 2.68. The molecule has 1 N–H and O–H groups in total. The number of likely N-dealkylation sites (N-methyl/N-ethyl adjacent to an activating group) is 1. The second-order valence-corrected chi connectivity index (χ2v) is 5.43. The van der Waals surface area contributed by atoms with Crippen LogP contribution in [-0.4, -0.2) is 23.8 Å². The molecule has 0 saturated carbocycles. The summed E-state index contributed by atoms with van der Waals surface area (Å²) in [5.74, 6) is -0.448. The van der Waals surface area contributed by atoms with Crippen LogP contribution in [-0.2, 0) is 22.6 Å². The van der Waals surface area contributed by atoms with Gasteiger partial charge in [0.2, 0.25) is 11.8 Å². The van der Waals surface area contributed by atoms with Crippen LogP contribution in [0, 0.1) is 5.82 Å². The zero-order chi connectivity index (χ0) is 16.8. The number of halogens is 1. The summed E-state index contributed by atoms with van der Waals surface area (Å²) in [6.45, 7) is 1.88. The molecule has 0 aromatic heterocycles. The van der Waals surface area contributed by atoms with Gasteiger partial charge in [0, 0.05) is 26.2 Å². The van der Waals surface area contributed by atoms with E-state index in [1.54, 1.807) is 36.2 Å². The van der Waals surface area contributed by atoms with Crippen molar-refractivity contribution in [3.63, 3.8) is 0 Å². The zero-order valence-corrected chi connectivity index (χ0v) is 13.2. The summed E-state index contributed by atoms with van der Waals surface area (Å²) in [5.41, 5.74) is 2.45. The van der Waals surface area contributed by atoms with Gasteiger partial charge in [0.1, 0.15) is 5.82 Å². The van der Waals surface area contributed by atoms with Gasteiger partial charge in [-0.3, -0.25) is 9.59 Å². The van der Waals surface area contributed by atoms with E-state index in [-0.39, 0.29) is 24.1 Å². The number of anilines is 1. The van der Waals surface area contributed by atoms with Crippen molar-refractivity contribution in [2.24, 2.45) is 0 Å². The van der Waals surface area contributed by atoms with Crippen LogP contribution < -0.4 is 5.32 Å². The van der Waals surface area contributed by atoms with Gasteiger partial charge in [-0.25, -0.2) is 4.39 Å². The third kappa shape index (κ3) is 5.21. The van der Waals surface area contributed by atoms with Gasteiger partial charge in [-0.15, -0.1) is 0 Å². The molecule has 120 valence electrons. The highest BCUT2D eigenvalue weighted by molar-refractivity contribution is 5.88. The van der Waals surface area contributed by atoms with Crippen LogP contribution in [0.15, 0.2) is 48.5 Å². The molecule has 2 aromatic rings. The predicted octanol–water partition coefficient (Wildman–Crippen LogP) is 2.99. The van der Waals surface area contributed by atoms with E-state index < -0.39 is 0 Å². The molecule has 0 heterocycles. The number of nitrogens with zero attached hydrogens (tertiary/aromatic N) is 1. The maximum atomic E-state index is 12.9. The second kappa shape index (κ2) is 7.54. The van der Waals surface area contributed by atoms with Crippen LogP contribution in [0.2, 0.25) is 0 Å². The summed E-state index contributed by atoms with van der Waals surface area (Å²) in [7, 11) is 1.72. The number of amides is 2. The fraction of sp³-hybridized carbons (Fsp3) is 0.222. The molecule has 2 aromatic carbocycles. The first-order valence-electron chi connectivity index (χ1n) is 7.29. The van der Waals surface area contributed by atoms with E-state index >= 15 is 0 Å². The molecular weight excluding hydrogens is 295 g/mol. The number of rotatable bonds is 5. The van der Waals surface area contributed by atoms with Crippen molar-refractivity contribution in [2.75, 3.05) is 12.4 Å². The topological polar surface area (TPSA) is 49.4 Å². The van der Waals surface area contributed by atoms with Gasteiger partial charge in [0.05, 0.1) is 6.42 Å². The lowest BCUT2D eigenvalue weighted by Gasteiger charge is -2.17. The van der Waals surface area contributed by atoms with E-state index in [4.69, 9.17) is 0 Å². The maximum Gasteiger partial charge on any atom is 0.227 e. The Bertz CT molecular complexity index is 681. The standard InChI is InChI=1S/C18H19FN2O2/c1-13(22)20-17-9-5-14(6-10-17)11-18(23)21(2)12-15-3-7-16(19)8-4-15/h3-10H,11-12H2,1-2H3,(H,20,22). The Kier molecular flexibility index (Phi) is 5.46. The fourth-order valence-corrected chi connectivity index (χ4v) is 2.17. The second-order valence-electron chi connectivity index (χ2n) is 5.43. The average Bonchev–Trinajstić information content (AvgIpc) is 2.51. The van der Waals surface area contributed by atoms with Crippen molar-refractivity contribution < 1.29 is 14.0 Å². The molecule has 0 aliphatic rings. The van der Waals surface area contributed by atoms with Crippen LogP contribution >= 0.6 is 0 Å². The minimum atomic E-state index is -0.290. The summed E-state index contributed by atoms with van der Waals surface area (Å²) in [6.07, 6.45) is 0.276. The van der Waals surface area contributed by atoms with Gasteiger partial charge in [0.15, 0.2) is 0 Å². The summed E-state index contributed by atoms with van der Waals surface area (Å²) < 4.78 is 12.9. The largest absolute Gasteiger partial charge is 0.341 e. The van der Waals surface area contributed by atoms with Gasteiger partial charge in [-0.05, 0) is 35.4 Å². The number of nitrogens with one attached hydrogen (secondary N) is 1. The normalized spacial score (nSPS) is 10.2. The molecule has 5 heteroatoms. The summed E-state index contributed by atoms with van der Waals surface area (Å²) >= 11 is 0. The smallest absolute Gasteiger partial charge is 0.227 e. The van der Waals surface area contributed by atoms with Crippen molar-refractivity contribution in [1.82, 2.24) is 4.90 Å². The van der Waals surface area contributed by atoms with Gasteiger partial charge < -0.3 is 10.2 Å². The molecule has 0 spiro atoms. The number of carbonyl (C=O) groups excluding carboxylic acids is 2. The highest BCUT2D eigenvalue weighted by atomic mass is 19.1. The van der Waals surface area contributed by atoms with E-state index in [0.717, 1.165) is 11.1 Å². The van der Waals surface area contributed by atoms with Crippen LogP contribution in [0.25, 0.3) is 0 Å². The van der Waals surface area contributed by atoms with Crippen molar-refractivity contribution in [3.8, 4) is 0 Å². The molecule has 4 nitrogen and oxygen atoms in total. The van der Waals surface area contributed by atoms with Crippen LogP contribution in [0.3, 0.4) is 0 Å². The Morgan fingerprint density at radius 1 is 1.00 bits per heavy atom. The van der Waals surface area contributed by atoms with Crippen LogP contribution in [0.5, 0.6) is 0 Å². The summed E-state index contributed by atoms with van der Waals surface area (Å²) in [6, 6.07) is 13.3. The van der Waals surface area contributed by atoms with Crippen molar-refractivity contribution in [2.45, 2.75) is 19.9 Å². The monoisotopic (exact) mass is 314 g/mol. The molecule has 23 heavy (non-hydrogen) atoms. The number of hydrogen-bond donors (Lipinski definition) is 1. The van der Waals surface area contributed by atoms with Gasteiger partial charge in [-0.1, -0.05) is 24.3 Å². The molecule has 0 aliphatic heterocycles. The number of benzene rings is 2. The van der Waals surface area contributed by atoms with Gasteiger partial charge in [0.25, 0.3) is 0 Å². The highest BCUT2D eigenvalue weighted by Crippen LogP contribution is 2.12. The minimum Gasteiger partial charge on any atom is -0.341 e. The van der Waals surface area contributed by atoms with E-state index in [1.165, 1.54) is 19.1 Å². The molecule has 0 fully saturated rings. The molecule has 2 rings (SSSR count). The lowest BCUT2D eigenvalue weighted by Crippen LogP contribution is -2.27. The van der Waals surface area contributed by atoms with Crippen molar-refractivity contribution >= 4 is 17.5 Å². The first-order valence-corrected chi connectivity index (χ1v) is 7.29. The van der Waals surface area contributed by atoms with E-state index in [2.05, 4.69) is 5.32 Å². The third-order valence-corrected chi connectivity index (χ3v) is 3.39. The van der Waals surface area contributed by atoms with Gasteiger partial charge in [-0.2, -0.15) is 0 Å². The van der Waals surface area contributed by atoms with E-state index in [9.17, 15) is 14.0 Å². The first kappa shape index (κ1) is 16.7. The highest BCUT2D eigenvalue weighted by Gasteiger charge is 2.10. The lowest BCUT2D eigenvalue weighted by molar-refractivity contribution is -0.129. The van der Waals surface area contributed by atoms with Gasteiger partial charge >= 0.3 is 0 Å². The predicted molar refractivity (Wildman–Crippen MR) is 87.3 cm³/mol. The fourth-order valence-electron chi connectivity index (χ4n) is 2.17. The number of hydrogen-bond acceptors (Lipinski definition) is 2. The molecule has 0 atom stereocenters. The van der Waals surface area contributed by atoms with Crippen molar-refractivity contribution in [1.29, 1.82) is 0 Å². The minimum absolute atomic E-state index is 0.0263. The molecule has 0 saturated heterocycles. The number of carbonyl (C=O) groups is 2. The zero-order valence-electron chi connectivity index (χ0n) is 13.2. The Labute approximate surface area is 134 Å². The maximum absolute atomic E-state index is 12.9.